The fourth-order valence-corrected chi connectivity index (χ4v) is 2.49. The van der Waals surface area contributed by atoms with Gasteiger partial charge in [-0.3, -0.25) is 4.57 Å². The maximum atomic E-state index is 6.16. The number of halogens is 2. The highest BCUT2D eigenvalue weighted by atomic mass is 79.9. The Morgan fingerprint density at radius 2 is 1.74 bits per heavy atom. The van der Waals surface area contributed by atoms with Crippen LogP contribution in [0.4, 0.5) is 0 Å². The van der Waals surface area contributed by atoms with Crippen molar-refractivity contribution in [1.82, 2.24) is 14.8 Å². The molecule has 3 aromatic rings. The molecule has 0 N–H and O–H groups in total. The van der Waals surface area contributed by atoms with E-state index in [4.69, 9.17) is 11.6 Å². The summed E-state index contributed by atoms with van der Waals surface area (Å²) < 4.78 is 2.80. The number of nitrogens with zero attached hydrogens (tertiary/aromatic N) is 3. The van der Waals surface area contributed by atoms with Crippen molar-refractivity contribution in [2.45, 2.75) is 0 Å². The van der Waals surface area contributed by atoms with E-state index in [0.717, 1.165) is 21.5 Å². The van der Waals surface area contributed by atoms with Crippen LogP contribution in [0.3, 0.4) is 0 Å². The summed E-state index contributed by atoms with van der Waals surface area (Å²) in [7, 11) is 0. The smallest absolute Gasteiger partial charge is 0.229 e. The summed E-state index contributed by atoms with van der Waals surface area (Å²) in [6.45, 7) is 0. The van der Waals surface area contributed by atoms with Crippen LogP contribution in [0, 0.1) is 0 Å². The van der Waals surface area contributed by atoms with Crippen LogP contribution in [0.15, 0.2) is 59.1 Å². The average Bonchev–Trinajstić information content (AvgIpc) is 2.82. The molecule has 0 aliphatic carbocycles. The lowest BCUT2D eigenvalue weighted by Crippen LogP contribution is -1.97. The van der Waals surface area contributed by atoms with Gasteiger partial charge >= 0.3 is 0 Å². The molecule has 0 saturated carbocycles. The van der Waals surface area contributed by atoms with Gasteiger partial charge in [-0.2, -0.15) is 0 Å². The minimum absolute atomic E-state index is 0.344. The summed E-state index contributed by atoms with van der Waals surface area (Å²) in [6, 6.07) is 17.7. The fourth-order valence-electron chi connectivity index (χ4n) is 1.88. The average molecular weight is 335 g/mol. The molecule has 0 fully saturated rings. The van der Waals surface area contributed by atoms with E-state index in [1.807, 2.05) is 59.2 Å². The monoisotopic (exact) mass is 333 g/mol. The van der Waals surface area contributed by atoms with Crippen molar-refractivity contribution >= 4 is 27.5 Å². The molecule has 1 heterocycles. The summed E-state index contributed by atoms with van der Waals surface area (Å²) in [4.78, 5) is 0. The molecule has 0 unspecified atom stereocenters. The molecule has 0 saturated heterocycles. The van der Waals surface area contributed by atoms with Gasteiger partial charge in [-0.05, 0) is 29.8 Å². The second-order valence-corrected chi connectivity index (χ2v) is 5.23. The van der Waals surface area contributed by atoms with E-state index in [1.165, 1.54) is 0 Å². The number of benzene rings is 2. The predicted octanol–water partition coefficient (Wildman–Crippen LogP) is 4.35. The lowest BCUT2D eigenvalue weighted by Gasteiger charge is -2.08. The minimum Gasteiger partial charge on any atom is -0.266 e. The maximum Gasteiger partial charge on any atom is 0.229 e. The van der Waals surface area contributed by atoms with Gasteiger partial charge < -0.3 is 0 Å². The number of hydrogen-bond acceptors (Lipinski definition) is 2. The molecule has 2 aromatic carbocycles. The second-order valence-electron chi connectivity index (χ2n) is 3.97. The van der Waals surface area contributed by atoms with E-state index in [-0.39, 0.29) is 0 Å². The third-order valence-electron chi connectivity index (χ3n) is 2.72. The van der Waals surface area contributed by atoms with Crippen LogP contribution in [0.25, 0.3) is 17.1 Å². The lowest BCUT2D eigenvalue weighted by atomic mass is 10.2. The Morgan fingerprint density at radius 3 is 2.47 bits per heavy atom. The summed E-state index contributed by atoms with van der Waals surface area (Å²) in [5.41, 5.74) is 1.89. The van der Waals surface area contributed by atoms with Crippen LogP contribution in [0.2, 0.25) is 5.28 Å². The Labute approximate surface area is 124 Å². The molecule has 19 heavy (non-hydrogen) atoms. The number of aromatic nitrogens is 3. The normalized spacial score (nSPS) is 10.6. The molecule has 94 valence electrons. The van der Waals surface area contributed by atoms with Gasteiger partial charge in [0.2, 0.25) is 5.28 Å². The molecule has 0 amide bonds. The van der Waals surface area contributed by atoms with Crippen molar-refractivity contribution in [2.24, 2.45) is 0 Å². The first kappa shape index (κ1) is 12.4. The Balaban J connectivity index is 2.20. The largest absolute Gasteiger partial charge is 0.266 e. The van der Waals surface area contributed by atoms with Crippen molar-refractivity contribution < 1.29 is 0 Å². The molecule has 0 aliphatic heterocycles. The third-order valence-corrected chi connectivity index (χ3v) is 3.46. The molecule has 3 nitrogen and oxygen atoms in total. The van der Waals surface area contributed by atoms with Crippen molar-refractivity contribution in [3.63, 3.8) is 0 Å². The first-order chi connectivity index (χ1) is 9.25. The third kappa shape index (κ3) is 2.41. The van der Waals surface area contributed by atoms with Crippen LogP contribution in [0.5, 0.6) is 0 Å². The van der Waals surface area contributed by atoms with E-state index >= 15 is 0 Å². The Hall–Kier alpha value is -1.65. The van der Waals surface area contributed by atoms with Gasteiger partial charge in [0, 0.05) is 10.0 Å². The van der Waals surface area contributed by atoms with Gasteiger partial charge in [0.05, 0.1) is 5.69 Å². The Kier molecular flexibility index (Phi) is 3.36. The summed E-state index contributed by atoms with van der Waals surface area (Å²) in [6.07, 6.45) is 0. The number of rotatable bonds is 2. The fraction of sp³-hybridized carbons (Fsp3) is 0. The summed E-state index contributed by atoms with van der Waals surface area (Å²) in [5, 5.41) is 8.46. The predicted molar refractivity (Wildman–Crippen MR) is 79.5 cm³/mol. The van der Waals surface area contributed by atoms with E-state index in [1.54, 1.807) is 0 Å². The summed E-state index contributed by atoms with van der Waals surface area (Å²) >= 11 is 9.61. The first-order valence-electron chi connectivity index (χ1n) is 5.68. The maximum absolute atomic E-state index is 6.16. The van der Waals surface area contributed by atoms with Crippen LogP contribution in [-0.4, -0.2) is 14.8 Å². The van der Waals surface area contributed by atoms with Crippen LogP contribution >= 0.6 is 27.5 Å². The Bertz CT molecular complexity index is 710. The topological polar surface area (TPSA) is 30.7 Å². The van der Waals surface area contributed by atoms with Crippen LogP contribution in [0.1, 0.15) is 0 Å². The summed E-state index contributed by atoms with van der Waals surface area (Å²) in [5.74, 6) is 0.726. The van der Waals surface area contributed by atoms with Gasteiger partial charge in [0.1, 0.15) is 0 Å². The molecule has 0 spiro atoms. The molecule has 5 heteroatoms. The molecule has 0 radical (unpaired) electrons. The van der Waals surface area contributed by atoms with Crippen molar-refractivity contribution in [2.75, 3.05) is 0 Å². The van der Waals surface area contributed by atoms with Gasteiger partial charge in [0.25, 0.3) is 0 Å². The van der Waals surface area contributed by atoms with Gasteiger partial charge in [-0.25, -0.2) is 0 Å². The lowest BCUT2D eigenvalue weighted by molar-refractivity contribution is 1.06. The van der Waals surface area contributed by atoms with Crippen LogP contribution < -0.4 is 0 Å². The van der Waals surface area contributed by atoms with Gasteiger partial charge in [-0.15, -0.1) is 10.2 Å². The van der Waals surface area contributed by atoms with Crippen molar-refractivity contribution in [3.8, 4) is 17.1 Å². The molecule has 0 atom stereocenters. The zero-order chi connectivity index (χ0) is 13.2. The molecular weight excluding hydrogens is 326 g/mol. The molecule has 0 bridgehead atoms. The zero-order valence-electron chi connectivity index (χ0n) is 9.79. The van der Waals surface area contributed by atoms with Gasteiger partial charge in [-0.1, -0.05) is 52.3 Å². The van der Waals surface area contributed by atoms with E-state index in [2.05, 4.69) is 26.1 Å². The highest BCUT2D eigenvalue weighted by molar-refractivity contribution is 9.10. The second kappa shape index (κ2) is 5.15. The Morgan fingerprint density at radius 1 is 0.947 bits per heavy atom. The van der Waals surface area contributed by atoms with E-state index in [9.17, 15) is 0 Å². The molecule has 0 aliphatic rings. The van der Waals surface area contributed by atoms with Crippen molar-refractivity contribution in [1.29, 1.82) is 0 Å². The molecule has 3 rings (SSSR count). The highest BCUT2D eigenvalue weighted by Crippen LogP contribution is 2.26. The number of hydrogen-bond donors (Lipinski definition) is 0. The molecular formula is C14H9BrClN3. The zero-order valence-corrected chi connectivity index (χ0v) is 12.1. The van der Waals surface area contributed by atoms with Gasteiger partial charge in [0.15, 0.2) is 5.82 Å². The van der Waals surface area contributed by atoms with Crippen LogP contribution in [-0.2, 0) is 0 Å². The van der Waals surface area contributed by atoms with E-state index in [0.29, 0.717) is 5.28 Å². The SMILES string of the molecule is Clc1nnc(-c2ccccc2)n1-c1cccc(Br)c1. The minimum atomic E-state index is 0.344. The quantitative estimate of drug-likeness (QED) is 0.697. The van der Waals surface area contributed by atoms with E-state index < -0.39 is 0 Å². The van der Waals surface area contributed by atoms with Crippen molar-refractivity contribution in [3.05, 3.63) is 64.4 Å². The highest BCUT2D eigenvalue weighted by Gasteiger charge is 2.13. The standard InChI is InChI=1S/C14H9BrClN3/c15-11-7-4-8-12(9-11)19-13(17-18-14(19)16)10-5-2-1-3-6-10/h1-9H. The first-order valence-corrected chi connectivity index (χ1v) is 6.85. The molecule has 1 aromatic heterocycles.